The number of rotatable bonds is 8. The zero-order chi connectivity index (χ0) is 22.9. The van der Waals surface area contributed by atoms with E-state index in [-0.39, 0.29) is 12.6 Å². The van der Waals surface area contributed by atoms with E-state index in [0.29, 0.717) is 28.8 Å². The molecule has 1 atom stereocenters. The molecule has 0 saturated heterocycles. The van der Waals surface area contributed by atoms with E-state index in [4.69, 9.17) is 16.1 Å². The highest BCUT2D eigenvalue weighted by molar-refractivity contribution is 5.81. The molecule has 33 heavy (non-hydrogen) atoms. The number of anilines is 1. The van der Waals surface area contributed by atoms with Crippen molar-refractivity contribution in [3.05, 3.63) is 65.7 Å². The predicted octanol–water partition coefficient (Wildman–Crippen LogP) is 3.24. The van der Waals surface area contributed by atoms with Gasteiger partial charge in [0.05, 0.1) is 29.0 Å². The zero-order valence-corrected chi connectivity index (χ0v) is 18.2. The number of benzene rings is 1. The number of nitrogens with two attached hydrogens (primary N) is 1. The molecule has 1 amide bonds. The number of amides is 1. The van der Waals surface area contributed by atoms with Crippen molar-refractivity contribution in [3.8, 4) is 11.4 Å². The summed E-state index contributed by atoms with van der Waals surface area (Å²) in [4.78, 5) is 25.1. The topological polar surface area (TPSA) is 135 Å². The second-order valence-electron chi connectivity index (χ2n) is 8.36. The molecule has 0 aliphatic heterocycles. The first-order valence-electron chi connectivity index (χ1n) is 10.8. The Bertz CT molecular complexity index is 1360. The van der Waals surface area contributed by atoms with Gasteiger partial charge in [-0.1, -0.05) is 18.2 Å². The molecule has 9 nitrogen and oxygen atoms in total. The Balaban J connectivity index is 1.51. The molecule has 1 aliphatic rings. The third kappa shape index (κ3) is 4.30. The van der Waals surface area contributed by atoms with Gasteiger partial charge in [0.2, 0.25) is 5.91 Å². The molecule has 3 aromatic heterocycles. The lowest BCUT2D eigenvalue weighted by Gasteiger charge is -2.21. The van der Waals surface area contributed by atoms with Crippen LogP contribution in [0.15, 0.2) is 48.9 Å². The van der Waals surface area contributed by atoms with Crippen LogP contribution in [0.5, 0.6) is 0 Å². The van der Waals surface area contributed by atoms with Crippen molar-refractivity contribution < 1.29 is 4.79 Å². The van der Waals surface area contributed by atoms with Crippen molar-refractivity contribution in [2.24, 2.45) is 11.7 Å². The third-order valence-electron chi connectivity index (χ3n) is 5.89. The summed E-state index contributed by atoms with van der Waals surface area (Å²) in [6.45, 7) is 1.89. The quantitative estimate of drug-likeness (QED) is 0.360. The molecule has 1 fully saturated rings. The van der Waals surface area contributed by atoms with Crippen molar-refractivity contribution >= 4 is 28.8 Å². The van der Waals surface area contributed by atoms with Gasteiger partial charge in [0.1, 0.15) is 12.4 Å². The van der Waals surface area contributed by atoms with Crippen LogP contribution in [0.3, 0.4) is 0 Å². The lowest BCUT2D eigenvalue weighted by atomic mass is 10.0. The summed E-state index contributed by atoms with van der Waals surface area (Å²) in [7, 11) is 0. The minimum Gasteiger partial charge on any atom is -0.368 e. The average Bonchev–Trinajstić information content (AvgIpc) is 3.56. The van der Waals surface area contributed by atoms with Gasteiger partial charge in [-0.05, 0) is 43.4 Å². The van der Waals surface area contributed by atoms with Gasteiger partial charge in [-0.2, -0.15) is 5.10 Å². The van der Waals surface area contributed by atoms with Crippen LogP contribution in [0.25, 0.3) is 22.3 Å². The average molecular weight is 441 g/mol. The van der Waals surface area contributed by atoms with E-state index < -0.39 is 5.91 Å². The van der Waals surface area contributed by atoms with E-state index in [0.717, 1.165) is 34.9 Å². The van der Waals surface area contributed by atoms with Gasteiger partial charge in [-0.25, -0.2) is 9.97 Å². The maximum atomic E-state index is 11.2. The van der Waals surface area contributed by atoms with E-state index in [2.05, 4.69) is 32.5 Å². The first kappa shape index (κ1) is 20.7. The Morgan fingerprint density at radius 3 is 2.88 bits per heavy atom. The van der Waals surface area contributed by atoms with Crippen molar-refractivity contribution in [1.29, 1.82) is 5.41 Å². The van der Waals surface area contributed by atoms with Crippen LogP contribution < -0.4 is 11.1 Å². The van der Waals surface area contributed by atoms with Crippen molar-refractivity contribution in [1.82, 2.24) is 24.7 Å². The number of para-hydroxylation sites is 1. The maximum Gasteiger partial charge on any atom is 0.239 e. The van der Waals surface area contributed by atoms with E-state index in [1.807, 2.05) is 31.3 Å². The fourth-order valence-corrected chi connectivity index (χ4v) is 3.98. The molecule has 166 valence electrons. The van der Waals surface area contributed by atoms with E-state index >= 15 is 0 Å². The normalized spacial score (nSPS) is 14.2. The van der Waals surface area contributed by atoms with E-state index in [1.165, 1.54) is 10.9 Å². The van der Waals surface area contributed by atoms with Gasteiger partial charge in [0.25, 0.3) is 0 Å². The Morgan fingerprint density at radius 1 is 1.30 bits per heavy atom. The van der Waals surface area contributed by atoms with Gasteiger partial charge < -0.3 is 16.5 Å². The Labute approximate surface area is 190 Å². The van der Waals surface area contributed by atoms with Crippen LogP contribution in [0.1, 0.15) is 35.7 Å². The molecule has 0 bridgehead atoms. The summed E-state index contributed by atoms with van der Waals surface area (Å²) in [6, 6.07) is 10.3. The fourth-order valence-electron chi connectivity index (χ4n) is 3.98. The number of aromatic nitrogens is 5. The molecule has 1 saturated carbocycles. The number of carbonyl (C=O) groups is 1. The number of nitrogens with one attached hydrogen (secondary N) is 2. The number of hydrogen-bond acceptors (Lipinski definition) is 7. The largest absolute Gasteiger partial charge is 0.368 e. The summed E-state index contributed by atoms with van der Waals surface area (Å²) >= 11 is 0. The van der Waals surface area contributed by atoms with Crippen LogP contribution in [0.4, 0.5) is 5.82 Å². The smallest absolute Gasteiger partial charge is 0.239 e. The molecular formula is C24H24N8O. The van der Waals surface area contributed by atoms with Crippen LogP contribution in [0.2, 0.25) is 0 Å². The van der Waals surface area contributed by atoms with Gasteiger partial charge in [0, 0.05) is 29.6 Å². The highest BCUT2D eigenvalue weighted by Crippen LogP contribution is 2.43. The molecular weight excluding hydrogens is 416 g/mol. The third-order valence-corrected chi connectivity index (χ3v) is 5.89. The second kappa shape index (κ2) is 8.42. The second-order valence-corrected chi connectivity index (χ2v) is 8.36. The standard InChI is InChI=1S/C24H24N8O/c1-14-20(9-25)29-24(18-11-28-32(12-18)13-21(26)33)31-23(14)30-22(15-6-7-15)17-8-16-4-2-3-5-19(16)27-10-17/h2-5,8-12,15,22,25H,6-7,13H2,1H3,(H2,26,33)(H,29,30,31)/t22-/m1/s1. The Kier molecular flexibility index (Phi) is 5.29. The van der Waals surface area contributed by atoms with Crippen LogP contribution in [-0.4, -0.2) is 36.9 Å². The molecule has 5 rings (SSSR count). The van der Waals surface area contributed by atoms with Crippen molar-refractivity contribution in [2.75, 3.05) is 5.32 Å². The number of hydrogen-bond donors (Lipinski definition) is 3. The van der Waals surface area contributed by atoms with Gasteiger partial charge in [0.15, 0.2) is 5.82 Å². The number of pyridine rings is 1. The van der Waals surface area contributed by atoms with Gasteiger partial charge >= 0.3 is 0 Å². The molecule has 0 radical (unpaired) electrons. The monoisotopic (exact) mass is 440 g/mol. The summed E-state index contributed by atoms with van der Waals surface area (Å²) < 4.78 is 1.45. The first-order valence-corrected chi connectivity index (χ1v) is 10.8. The number of nitrogens with zero attached hydrogens (tertiary/aromatic N) is 5. The lowest BCUT2D eigenvalue weighted by molar-refractivity contribution is -0.118. The maximum absolute atomic E-state index is 11.2. The summed E-state index contributed by atoms with van der Waals surface area (Å²) in [6.07, 6.45) is 8.71. The summed E-state index contributed by atoms with van der Waals surface area (Å²) in [5.41, 5.74) is 9.32. The van der Waals surface area contributed by atoms with Gasteiger partial charge in [-0.3, -0.25) is 14.5 Å². The van der Waals surface area contributed by atoms with Gasteiger partial charge in [-0.15, -0.1) is 0 Å². The van der Waals surface area contributed by atoms with Crippen molar-refractivity contribution in [2.45, 2.75) is 32.4 Å². The van der Waals surface area contributed by atoms with Crippen LogP contribution in [0, 0.1) is 18.3 Å². The first-order chi connectivity index (χ1) is 16.0. The van der Waals surface area contributed by atoms with Crippen molar-refractivity contribution in [3.63, 3.8) is 0 Å². The van der Waals surface area contributed by atoms with Crippen LogP contribution >= 0.6 is 0 Å². The zero-order valence-electron chi connectivity index (χ0n) is 18.2. The highest BCUT2D eigenvalue weighted by Gasteiger charge is 2.33. The molecule has 9 heteroatoms. The molecule has 0 spiro atoms. The number of fused-ring (bicyclic) bond motifs is 1. The highest BCUT2D eigenvalue weighted by atomic mass is 16.1. The lowest BCUT2D eigenvalue weighted by Crippen LogP contribution is -2.18. The summed E-state index contributed by atoms with van der Waals surface area (Å²) in [5, 5.41) is 16.7. The minimum absolute atomic E-state index is 0.0207. The summed E-state index contributed by atoms with van der Waals surface area (Å²) in [5.74, 6) is 1.12. The SMILES string of the molecule is Cc1c(C=N)nc(-c2cnn(CC(N)=O)c2)nc1N[C@@H](c1cnc2ccccc2c1)C1CC1. The molecule has 1 aromatic carbocycles. The molecule has 0 unspecified atom stereocenters. The minimum atomic E-state index is -0.478. The Morgan fingerprint density at radius 2 is 2.12 bits per heavy atom. The predicted molar refractivity (Wildman–Crippen MR) is 126 cm³/mol. The number of primary amides is 1. The molecule has 3 heterocycles. The fraction of sp³-hybridized carbons (Fsp3) is 0.250. The van der Waals surface area contributed by atoms with Crippen LogP contribution in [-0.2, 0) is 11.3 Å². The molecule has 4 N–H and O–H groups in total. The van der Waals surface area contributed by atoms with E-state index in [9.17, 15) is 4.79 Å². The molecule has 1 aliphatic carbocycles. The molecule has 4 aromatic rings. The Hall–Kier alpha value is -4.14. The number of carbonyl (C=O) groups excluding carboxylic acids is 1. The van der Waals surface area contributed by atoms with E-state index in [1.54, 1.807) is 12.4 Å².